The molecule has 76 valence electrons. The summed E-state index contributed by atoms with van der Waals surface area (Å²) in [4.78, 5) is 4.12. The number of rotatable bonds is 4. The minimum atomic E-state index is 0.399. The predicted octanol–water partition coefficient (Wildman–Crippen LogP) is 1.71. The molecule has 4 heteroatoms. The molecule has 1 saturated carbocycles. The highest BCUT2D eigenvalue weighted by Gasteiger charge is 2.25. The summed E-state index contributed by atoms with van der Waals surface area (Å²) in [6, 6.07) is 0. The van der Waals surface area contributed by atoms with Gasteiger partial charge < -0.3 is 15.4 Å². The lowest BCUT2D eigenvalue weighted by Gasteiger charge is -2.13. The van der Waals surface area contributed by atoms with Gasteiger partial charge in [0.2, 0.25) is 0 Å². The van der Waals surface area contributed by atoms with Crippen LogP contribution in [0.4, 0.5) is 11.4 Å². The number of hydrogen-bond acceptors (Lipinski definition) is 4. The van der Waals surface area contributed by atoms with E-state index in [1.54, 1.807) is 12.4 Å². The Bertz CT molecular complexity index is 323. The Hall–Kier alpha value is -1.45. The van der Waals surface area contributed by atoms with Crippen LogP contribution in [0, 0.1) is 0 Å². The van der Waals surface area contributed by atoms with Gasteiger partial charge in [-0.15, -0.1) is 0 Å². The van der Waals surface area contributed by atoms with Gasteiger partial charge >= 0.3 is 0 Å². The van der Waals surface area contributed by atoms with E-state index in [2.05, 4.69) is 15.6 Å². The van der Waals surface area contributed by atoms with Crippen LogP contribution in [0.15, 0.2) is 12.4 Å². The third-order valence-electron chi connectivity index (χ3n) is 2.25. The molecule has 0 bridgehead atoms. The van der Waals surface area contributed by atoms with Gasteiger partial charge in [-0.25, -0.2) is 0 Å². The van der Waals surface area contributed by atoms with Crippen molar-refractivity contribution in [2.75, 3.05) is 24.7 Å². The lowest BCUT2D eigenvalue weighted by molar-refractivity contribution is 0.303. The zero-order chi connectivity index (χ0) is 9.97. The molecule has 0 radical (unpaired) electrons. The van der Waals surface area contributed by atoms with Crippen LogP contribution in [-0.2, 0) is 0 Å². The van der Waals surface area contributed by atoms with Crippen molar-refractivity contribution in [3.63, 3.8) is 0 Å². The SMILES string of the molecule is CNc1cncc(OC2CC2)c1NC. The van der Waals surface area contributed by atoms with Crippen molar-refractivity contribution < 1.29 is 4.74 Å². The van der Waals surface area contributed by atoms with Crippen molar-refractivity contribution in [3.8, 4) is 5.75 Å². The van der Waals surface area contributed by atoms with Crippen LogP contribution in [0.25, 0.3) is 0 Å². The maximum atomic E-state index is 5.72. The minimum absolute atomic E-state index is 0.399. The Balaban J connectivity index is 2.26. The van der Waals surface area contributed by atoms with Gasteiger partial charge in [-0.05, 0) is 12.8 Å². The van der Waals surface area contributed by atoms with Gasteiger partial charge in [-0.1, -0.05) is 0 Å². The molecular weight excluding hydrogens is 178 g/mol. The molecule has 1 heterocycles. The average molecular weight is 193 g/mol. The molecule has 0 atom stereocenters. The fourth-order valence-corrected chi connectivity index (χ4v) is 1.34. The van der Waals surface area contributed by atoms with Crippen molar-refractivity contribution in [1.82, 2.24) is 4.98 Å². The van der Waals surface area contributed by atoms with E-state index in [9.17, 15) is 0 Å². The van der Waals surface area contributed by atoms with Gasteiger partial charge in [0.15, 0.2) is 5.75 Å². The first-order chi connectivity index (χ1) is 6.85. The van der Waals surface area contributed by atoms with Crippen molar-refractivity contribution in [2.24, 2.45) is 0 Å². The topological polar surface area (TPSA) is 46.2 Å². The normalized spacial score (nSPS) is 15.0. The van der Waals surface area contributed by atoms with Gasteiger partial charge in [0, 0.05) is 14.1 Å². The number of anilines is 2. The summed E-state index contributed by atoms with van der Waals surface area (Å²) in [7, 11) is 3.76. The molecule has 1 aliphatic rings. The number of pyridine rings is 1. The number of hydrogen-bond donors (Lipinski definition) is 2. The second kappa shape index (κ2) is 3.74. The van der Waals surface area contributed by atoms with Crippen molar-refractivity contribution in [3.05, 3.63) is 12.4 Å². The molecule has 2 rings (SSSR count). The van der Waals surface area contributed by atoms with Gasteiger partial charge in [0.25, 0.3) is 0 Å². The Morgan fingerprint density at radius 3 is 2.64 bits per heavy atom. The Morgan fingerprint density at radius 1 is 1.29 bits per heavy atom. The van der Waals surface area contributed by atoms with Crippen LogP contribution in [0.5, 0.6) is 5.75 Å². The standard InChI is InChI=1S/C10H15N3O/c1-11-8-5-13-6-9(10(8)12-2)14-7-3-4-7/h5-7,11H,3-4H2,1-2H3,(H,12,13). The van der Waals surface area contributed by atoms with Crippen LogP contribution in [0.1, 0.15) is 12.8 Å². The monoisotopic (exact) mass is 193 g/mol. The maximum absolute atomic E-state index is 5.72. The summed E-state index contributed by atoms with van der Waals surface area (Å²) in [5.74, 6) is 0.835. The summed E-state index contributed by atoms with van der Waals surface area (Å²) in [6.45, 7) is 0. The average Bonchev–Trinajstić information content (AvgIpc) is 3.01. The first-order valence-corrected chi connectivity index (χ1v) is 4.85. The number of aromatic nitrogens is 1. The molecule has 1 aromatic heterocycles. The predicted molar refractivity (Wildman–Crippen MR) is 57.0 cm³/mol. The molecule has 14 heavy (non-hydrogen) atoms. The minimum Gasteiger partial charge on any atom is -0.487 e. The lowest BCUT2D eigenvalue weighted by atomic mass is 10.3. The quantitative estimate of drug-likeness (QED) is 0.764. The van der Waals surface area contributed by atoms with Crippen molar-refractivity contribution >= 4 is 11.4 Å². The fraction of sp³-hybridized carbons (Fsp3) is 0.500. The zero-order valence-corrected chi connectivity index (χ0v) is 8.50. The van der Waals surface area contributed by atoms with Gasteiger partial charge in [0.1, 0.15) is 5.69 Å². The molecular formula is C10H15N3O. The van der Waals surface area contributed by atoms with Crippen molar-refractivity contribution in [1.29, 1.82) is 0 Å². The first-order valence-electron chi connectivity index (χ1n) is 4.85. The Morgan fingerprint density at radius 2 is 2.07 bits per heavy atom. The zero-order valence-electron chi connectivity index (χ0n) is 8.50. The van der Waals surface area contributed by atoms with E-state index < -0.39 is 0 Å². The molecule has 1 aromatic rings. The highest BCUT2D eigenvalue weighted by Crippen LogP contribution is 2.35. The molecule has 0 amide bonds. The smallest absolute Gasteiger partial charge is 0.163 e. The van der Waals surface area contributed by atoms with Gasteiger partial charge in [-0.3, -0.25) is 4.98 Å². The number of nitrogens with one attached hydrogen (secondary N) is 2. The highest BCUT2D eigenvalue weighted by atomic mass is 16.5. The van der Waals surface area contributed by atoms with E-state index in [0.29, 0.717) is 6.10 Å². The van der Waals surface area contributed by atoms with E-state index in [1.165, 1.54) is 0 Å². The molecule has 0 aromatic carbocycles. The van der Waals surface area contributed by atoms with Gasteiger partial charge in [0.05, 0.1) is 24.2 Å². The molecule has 0 saturated heterocycles. The van der Waals surface area contributed by atoms with Crippen molar-refractivity contribution in [2.45, 2.75) is 18.9 Å². The van der Waals surface area contributed by atoms with Crippen LogP contribution in [0.3, 0.4) is 0 Å². The van der Waals surface area contributed by atoms with Crippen LogP contribution >= 0.6 is 0 Å². The van der Waals surface area contributed by atoms with Crippen LogP contribution in [-0.4, -0.2) is 25.2 Å². The van der Waals surface area contributed by atoms with Crippen LogP contribution in [0.2, 0.25) is 0 Å². The second-order valence-corrected chi connectivity index (χ2v) is 3.38. The van der Waals surface area contributed by atoms with Crippen LogP contribution < -0.4 is 15.4 Å². The largest absolute Gasteiger partial charge is 0.487 e. The Kier molecular flexibility index (Phi) is 2.43. The second-order valence-electron chi connectivity index (χ2n) is 3.38. The molecule has 0 aliphatic heterocycles. The van der Waals surface area contributed by atoms with E-state index in [-0.39, 0.29) is 0 Å². The van der Waals surface area contributed by atoms with E-state index in [1.807, 2.05) is 14.1 Å². The summed E-state index contributed by atoms with van der Waals surface area (Å²) in [5, 5.41) is 6.20. The maximum Gasteiger partial charge on any atom is 0.163 e. The molecule has 2 N–H and O–H groups in total. The molecule has 0 spiro atoms. The lowest BCUT2D eigenvalue weighted by Crippen LogP contribution is -2.03. The molecule has 4 nitrogen and oxygen atoms in total. The van der Waals surface area contributed by atoms with Gasteiger partial charge in [-0.2, -0.15) is 0 Å². The third kappa shape index (κ3) is 1.73. The third-order valence-corrected chi connectivity index (χ3v) is 2.25. The van der Waals surface area contributed by atoms with E-state index in [0.717, 1.165) is 30.0 Å². The summed E-state index contributed by atoms with van der Waals surface area (Å²) in [5.41, 5.74) is 1.94. The fourth-order valence-electron chi connectivity index (χ4n) is 1.34. The highest BCUT2D eigenvalue weighted by molar-refractivity contribution is 5.73. The Labute approximate surface area is 83.7 Å². The molecule has 1 fully saturated rings. The molecule has 0 unspecified atom stereocenters. The number of nitrogens with zero attached hydrogens (tertiary/aromatic N) is 1. The summed E-state index contributed by atoms with van der Waals surface area (Å²) in [6.07, 6.45) is 6.26. The van der Waals surface area contributed by atoms with E-state index in [4.69, 9.17) is 4.74 Å². The summed E-state index contributed by atoms with van der Waals surface area (Å²) < 4.78 is 5.72. The molecule has 1 aliphatic carbocycles. The summed E-state index contributed by atoms with van der Waals surface area (Å²) >= 11 is 0. The van der Waals surface area contributed by atoms with E-state index >= 15 is 0 Å². The first kappa shape index (κ1) is 9.12. The number of ether oxygens (including phenoxy) is 1.